The fourth-order valence-electron chi connectivity index (χ4n) is 3.05. The van der Waals surface area contributed by atoms with Gasteiger partial charge in [-0.25, -0.2) is 0 Å². The molecule has 3 rings (SSSR count). The van der Waals surface area contributed by atoms with Crippen LogP contribution in [0.25, 0.3) is 0 Å². The van der Waals surface area contributed by atoms with Crippen molar-refractivity contribution in [2.45, 2.75) is 62.2 Å². The zero-order valence-corrected chi connectivity index (χ0v) is 12.6. The van der Waals surface area contributed by atoms with Gasteiger partial charge < -0.3 is 4.57 Å². The molecule has 3 nitrogen and oxygen atoms in total. The fraction of sp³-hybridized carbons (Fsp3) is 0.846. The predicted molar refractivity (Wildman–Crippen MR) is 78.7 cm³/mol. The van der Waals surface area contributed by atoms with Crippen molar-refractivity contribution in [3.8, 4) is 0 Å². The molecule has 2 aliphatic rings. The van der Waals surface area contributed by atoms with E-state index in [1.165, 1.54) is 50.8 Å². The number of H-pyrrole nitrogens is 1. The Hall–Kier alpha value is -0.290. The van der Waals surface area contributed by atoms with E-state index >= 15 is 0 Å². The molecule has 5 heteroatoms. The number of nitrogens with one attached hydrogen (secondary N) is 1. The number of thioether (sulfide) groups is 1. The van der Waals surface area contributed by atoms with Gasteiger partial charge in [0.05, 0.1) is 0 Å². The molecule has 18 heavy (non-hydrogen) atoms. The van der Waals surface area contributed by atoms with E-state index in [1.54, 1.807) is 0 Å². The Kier molecular flexibility index (Phi) is 3.54. The number of hydrogen-bond acceptors (Lipinski definition) is 3. The summed E-state index contributed by atoms with van der Waals surface area (Å²) >= 11 is 7.45. The minimum Gasteiger partial charge on any atom is -0.303 e. The molecule has 2 fully saturated rings. The van der Waals surface area contributed by atoms with Crippen LogP contribution in [-0.2, 0) is 6.54 Å². The molecule has 2 aliphatic carbocycles. The highest BCUT2D eigenvalue weighted by molar-refractivity contribution is 8.00. The zero-order chi connectivity index (χ0) is 12.6. The molecule has 0 amide bonds. The molecule has 1 heterocycles. The minimum absolute atomic E-state index is 0.393. The third-order valence-corrected chi connectivity index (χ3v) is 6.09. The lowest BCUT2D eigenvalue weighted by molar-refractivity contribution is 0.353. The van der Waals surface area contributed by atoms with Crippen LogP contribution in [0.4, 0.5) is 0 Å². The van der Waals surface area contributed by atoms with Crippen molar-refractivity contribution in [2.75, 3.05) is 6.26 Å². The van der Waals surface area contributed by atoms with Gasteiger partial charge in [0, 0.05) is 17.2 Å². The normalized spacial score (nSPS) is 23.2. The van der Waals surface area contributed by atoms with E-state index in [-0.39, 0.29) is 0 Å². The van der Waals surface area contributed by atoms with Crippen LogP contribution in [0.5, 0.6) is 0 Å². The SMILES string of the molecule is CSC1(Cn2c(C3CC3)n[nH]c2=S)CCCCC1. The van der Waals surface area contributed by atoms with Gasteiger partial charge in [-0.15, -0.1) is 0 Å². The summed E-state index contributed by atoms with van der Waals surface area (Å²) in [5, 5.41) is 7.44. The summed E-state index contributed by atoms with van der Waals surface area (Å²) in [6.07, 6.45) is 11.6. The monoisotopic (exact) mass is 283 g/mol. The molecule has 1 aromatic heterocycles. The van der Waals surface area contributed by atoms with Crippen molar-refractivity contribution in [3.63, 3.8) is 0 Å². The highest BCUT2D eigenvalue weighted by Gasteiger charge is 2.35. The maximum absolute atomic E-state index is 5.42. The van der Waals surface area contributed by atoms with Gasteiger partial charge in [0.15, 0.2) is 4.77 Å². The van der Waals surface area contributed by atoms with Crippen molar-refractivity contribution < 1.29 is 0 Å². The summed E-state index contributed by atoms with van der Waals surface area (Å²) in [6.45, 7) is 1.05. The summed E-state index contributed by atoms with van der Waals surface area (Å²) in [5.41, 5.74) is 0. The quantitative estimate of drug-likeness (QED) is 0.851. The molecule has 0 unspecified atom stereocenters. The van der Waals surface area contributed by atoms with Crippen LogP contribution in [0.2, 0.25) is 0 Å². The van der Waals surface area contributed by atoms with Crippen molar-refractivity contribution in [3.05, 3.63) is 10.6 Å². The van der Waals surface area contributed by atoms with E-state index < -0.39 is 0 Å². The number of aromatic nitrogens is 3. The molecule has 0 atom stereocenters. The first kappa shape index (κ1) is 12.7. The summed E-state index contributed by atoms with van der Waals surface area (Å²) < 4.78 is 3.50. The van der Waals surface area contributed by atoms with Crippen molar-refractivity contribution >= 4 is 24.0 Å². The zero-order valence-electron chi connectivity index (χ0n) is 10.9. The molecule has 0 aliphatic heterocycles. The molecular weight excluding hydrogens is 262 g/mol. The van der Waals surface area contributed by atoms with E-state index in [4.69, 9.17) is 12.2 Å². The van der Waals surface area contributed by atoms with E-state index in [0.717, 1.165) is 11.3 Å². The predicted octanol–water partition coefficient (Wildman–Crippen LogP) is 3.88. The number of aromatic amines is 1. The van der Waals surface area contributed by atoms with Gasteiger partial charge in [-0.05, 0) is 44.2 Å². The van der Waals surface area contributed by atoms with E-state index in [1.807, 2.05) is 11.8 Å². The Bertz CT molecular complexity index is 467. The summed E-state index contributed by atoms with van der Waals surface area (Å²) in [7, 11) is 0. The van der Waals surface area contributed by atoms with Crippen LogP contribution in [0, 0.1) is 4.77 Å². The van der Waals surface area contributed by atoms with Crippen molar-refractivity contribution in [2.24, 2.45) is 0 Å². The van der Waals surface area contributed by atoms with E-state index in [0.29, 0.717) is 10.7 Å². The fourth-order valence-corrected chi connectivity index (χ4v) is 4.21. The van der Waals surface area contributed by atoms with E-state index in [2.05, 4.69) is 21.0 Å². The van der Waals surface area contributed by atoms with Crippen LogP contribution in [0.1, 0.15) is 56.7 Å². The first-order chi connectivity index (χ1) is 8.74. The maximum Gasteiger partial charge on any atom is 0.195 e. The van der Waals surface area contributed by atoms with Crippen LogP contribution >= 0.6 is 24.0 Å². The number of nitrogens with zero attached hydrogens (tertiary/aromatic N) is 2. The highest BCUT2D eigenvalue weighted by atomic mass is 32.2. The minimum atomic E-state index is 0.393. The van der Waals surface area contributed by atoms with Crippen LogP contribution in [0.3, 0.4) is 0 Å². The number of hydrogen-bond donors (Lipinski definition) is 1. The largest absolute Gasteiger partial charge is 0.303 e. The smallest absolute Gasteiger partial charge is 0.195 e. The van der Waals surface area contributed by atoms with Crippen LogP contribution in [0.15, 0.2) is 0 Å². The molecular formula is C13H21N3S2. The van der Waals surface area contributed by atoms with E-state index in [9.17, 15) is 0 Å². The molecule has 0 spiro atoms. The topological polar surface area (TPSA) is 33.6 Å². The first-order valence-electron chi connectivity index (χ1n) is 6.94. The standard InChI is InChI=1S/C13H21N3S2/c1-18-13(7-3-2-4-8-13)9-16-11(10-5-6-10)14-15-12(16)17/h10H,2-9H2,1H3,(H,15,17). The van der Waals surface area contributed by atoms with Crippen molar-refractivity contribution in [1.29, 1.82) is 0 Å². The average Bonchev–Trinajstić information content (AvgIpc) is 3.18. The molecule has 0 radical (unpaired) electrons. The van der Waals surface area contributed by atoms with Gasteiger partial charge in [-0.2, -0.15) is 16.9 Å². The Balaban J connectivity index is 1.86. The Morgan fingerprint density at radius 3 is 2.72 bits per heavy atom. The van der Waals surface area contributed by atoms with Crippen LogP contribution in [-0.4, -0.2) is 25.8 Å². The second-order valence-electron chi connectivity index (χ2n) is 5.70. The molecule has 0 bridgehead atoms. The summed E-state index contributed by atoms with van der Waals surface area (Å²) in [5.74, 6) is 1.87. The first-order valence-corrected chi connectivity index (χ1v) is 8.58. The molecule has 1 aromatic rings. The third kappa shape index (κ3) is 2.39. The lowest BCUT2D eigenvalue weighted by atomic mass is 9.88. The lowest BCUT2D eigenvalue weighted by Crippen LogP contribution is -2.33. The maximum atomic E-state index is 5.42. The molecule has 0 saturated heterocycles. The Morgan fingerprint density at radius 1 is 1.39 bits per heavy atom. The lowest BCUT2D eigenvalue weighted by Gasteiger charge is -2.36. The summed E-state index contributed by atoms with van der Waals surface area (Å²) in [4.78, 5) is 0. The molecule has 0 aromatic carbocycles. The Labute approximate surface area is 118 Å². The van der Waals surface area contributed by atoms with Gasteiger partial charge in [0.2, 0.25) is 0 Å². The second-order valence-corrected chi connectivity index (χ2v) is 7.36. The van der Waals surface area contributed by atoms with Crippen LogP contribution < -0.4 is 0 Å². The van der Waals surface area contributed by atoms with Gasteiger partial charge in [0.1, 0.15) is 5.82 Å². The molecule has 2 saturated carbocycles. The van der Waals surface area contributed by atoms with Crippen molar-refractivity contribution in [1.82, 2.24) is 14.8 Å². The summed E-state index contributed by atoms with van der Waals surface area (Å²) in [6, 6.07) is 0. The molecule has 1 N–H and O–H groups in total. The van der Waals surface area contributed by atoms with Gasteiger partial charge >= 0.3 is 0 Å². The molecule has 100 valence electrons. The highest BCUT2D eigenvalue weighted by Crippen LogP contribution is 2.43. The third-order valence-electron chi connectivity index (χ3n) is 4.37. The average molecular weight is 283 g/mol. The van der Waals surface area contributed by atoms with Gasteiger partial charge in [-0.3, -0.25) is 5.10 Å². The van der Waals surface area contributed by atoms with Gasteiger partial charge in [-0.1, -0.05) is 19.3 Å². The van der Waals surface area contributed by atoms with Gasteiger partial charge in [0.25, 0.3) is 0 Å². The second kappa shape index (κ2) is 5.00. The number of rotatable bonds is 4. The Morgan fingerprint density at radius 2 is 2.11 bits per heavy atom.